The van der Waals surface area contributed by atoms with Crippen molar-refractivity contribution in [1.29, 1.82) is 5.41 Å². The third-order valence-corrected chi connectivity index (χ3v) is 7.69. The van der Waals surface area contributed by atoms with E-state index >= 15 is 0 Å². The summed E-state index contributed by atoms with van der Waals surface area (Å²) in [5.41, 5.74) is -2.13. The Morgan fingerprint density at radius 1 is 0.851 bits per heavy atom. The molecule has 4 aromatic carbocycles. The van der Waals surface area contributed by atoms with Gasteiger partial charge in [0, 0.05) is 29.7 Å². The highest BCUT2D eigenvalue weighted by molar-refractivity contribution is 6.15. The number of nitrogens with one attached hydrogen (secondary N) is 2. The maximum atomic E-state index is 14.0. The first-order chi connectivity index (χ1) is 22.0. The number of hydrogen-bond acceptors (Lipinski definition) is 5. The van der Waals surface area contributed by atoms with Crippen LogP contribution in [0.5, 0.6) is 11.5 Å². The summed E-state index contributed by atoms with van der Waals surface area (Å²) < 4.78 is 101. The largest absolute Gasteiger partial charge is 0.460 e. The molecule has 0 atom stereocenters. The van der Waals surface area contributed by atoms with Gasteiger partial charge in [0.2, 0.25) is 0 Å². The van der Waals surface area contributed by atoms with Crippen LogP contribution in [0.1, 0.15) is 65.9 Å². The van der Waals surface area contributed by atoms with Gasteiger partial charge in [0.25, 0.3) is 0 Å². The zero-order valence-corrected chi connectivity index (χ0v) is 26.0. The molecule has 5 rings (SSSR count). The Hall–Kier alpha value is -4.58. The highest BCUT2D eigenvalue weighted by Crippen LogP contribution is 2.47. The minimum atomic E-state index is -5.08. The van der Waals surface area contributed by atoms with Crippen molar-refractivity contribution >= 4 is 22.6 Å². The lowest BCUT2D eigenvalue weighted by Crippen LogP contribution is -2.14. The molecule has 0 spiro atoms. The van der Waals surface area contributed by atoms with E-state index in [-0.39, 0.29) is 70.8 Å². The van der Waals surface area contributed by atoms with Crippen LogP contribution >= 0.6 is 0 Å². The van der Waals surface area contributed by atoms with Gasteiger partial charge in [-0.1, -0.05) is 32.9 Å². The van der Waals surface area contributed by atoms with Crippen LogP contribution in [0.15, 0.2) is 60.7 Å². The summed E-state index contributed by atoms with van der Waals surface area (Å²) in [4.78, 5) is 12.7. The molecule has 6 nitrogen and oxygen atoms in total. The van der Waals surface area contributed by atoms with E-state index in [0.29, 0.717) is 29.7 Å². The molecule has 1 aliphatic rings. The molecule has 1 aliphatic heterocycles. The molecule has 0 saturated heterocycles. The molecule has 0 radical (unpaired) electrons. The average Bonchev–Trinajstić information content (AvgIpc) is 3.36. The first kappa shape index (κ1) is 33.8. The van der Waals surface area contributed by atoms with Crippen LogP contribution in [-0.4, -0.2) is 31.6 Å². The number of halogens is 6. The maximum absolute atomic E-state index is 14.0. The van der Waals surface area contributed by atoms with Crippen molar-refractivity contribution in [3.63, 3.8) is 0 Å². The summed E-state index contributed by atoms with van der Waals surface area (Å²) in [6.07, 6.45) is -10.2. The second kappa shape index (κ2) is 12.6. The lowest BCUT2D eigenvalue weighted by atomic mass is 9.82. The third kappa shape index (κ3) is 7.22. The Morgan fingerprint density at radius 2 is 1.53 bits per heavy atom. The number of benzene rings is 4. The Kier molecular flexibility index (Phi) is 9.02. The summed E-state index contributed by atoms with van der Waals surface area (Å²) in [7, 11) is 0. The average molecular weight is 659 g/mol. The van der Waals surface area contributed by atoms with Gasteiger partial charge >= 0.3 is 18.3 Å². The van der Waals surface area contributed by atoms with Gasteiger partial charge in [0.05, 0.1) is 23.3 Å². The van der Waals surface area contributed by atoms with Crippen molar-refractivity contribution < 1.29 is 45.3 Å². The summed E-state index contributed by atoms with van der Waals surface area (Å²) in [5.74, 6) is -0.482. The second-order valence-corrected chi connectivity index (χ2v) is 12.1. The lowest BCUT2D eigenvalue weighted by molar-refractivity contribution is -0.143. The molecule has 1 heterocycles. The topological polar surface area (TPSA) is 80.6 Å². The zero-order valence-electron chi connectivity index (χ0n) is 26.0. The minimum Gasteiger partial charge on any atom is -0.460 e. The van der Waals surface area contributed by atoms with Gasteiger partial charge in [0.1, 0.15) is 23.9 Å². The number of carbonyl (C=O) groups is 1. The molecule has 0 aromatic heterocycles. The Balaban J connectivity index is 1.77. The SMILES string of the molecule is CCOCCOC(=O)c1cccc(Oc2cc(C(C)(C)C)cc3cc4c(c(-c5cc(C(F)(F)F)cc(C(F)(F)F)c5)c23)C(=N)NC4)c1. The van der Waals surface area contributed by atoms with Crippen molar-refractivity contribution in [2.75, 3.05) is 19.8 Å². The summed E-state index contributed by atoms with van der Waals surface area (Å²) in [5, 5.41) is 12.1. The number of esters is 1. The van der Waals surface area contributed by atoms with E-state index in [1.165, 1.54) is 12.1 Å². The molecule has 12 heteroatoms. The van der Waals surface area contributed by atoms with Gasteiger partial charge in [-0.2, -0.15) is 26.3 Å². The highest BCUT2D eigenvalue weighted by atomic mass is 19.4. The van der Waals surface area contributed by atoms with E-state index in [4.69, 9.17) is 19.6 Å². The van der Waals surface area contributed by atoms with Crippen LogP contribution in [-0.2, 0) is 33.8 Å². The Morgan fingerprint density at radius 3 is 2.15 bits per heavy atom. The Labute approximate surface area is 267 Å². The number of hydrogen-bond donors (Lipinski definition) is 2. The quantitative estimate of drug-likeness (QED) is 0.112. The van der Waals surface area contributed by atoms with Gasteiger partial charge in [-0.25, -0.2) is 4.79 Å². The molecule has 0 unspecified atom stereocenters. The standard InChI is InChI=1S/C35H32F6N2O4/c1-5-45-9-10-46-32(44)19-7-6-8-26(15-19)47-27-17-23(33(2,3)4)12-20-11-22-18-43-31(42)30(22)29(28(20)27)21-13-24(34(36,37)38)16-25(14-21)35(39,40)41/h6-8,11-17H,5,9-10,18H2,1-4H3,(H2,42,43). The van der Waals surface area contributed by atoms with Crippen LogP contribution in [0.4, 0.5) is 26.3 Å². The molecule has 0 fully saturated rings. The lowest BCUT2D eigenvalue weighted by Gasteiger charge is -2.24. The fourth-order valence-corrected chi connectivity index (χ4v) is 5.40. The van der Waals surface area contributed by atoms with Crippen LogP contribution in [0.25, 0.3) is 21.9 Å². The molecule has 0 amide bonds. The molecule has 248 valence electrons. The van der Waals surface area contributed by atoms with Crippen molar-refractivity contribution in [3.8, 4) is 22.6 Å². The minimum absolute atomic E-state index is 0.00829. The van der Waals surface area contributed by atoms with Crippen LogP contribution in [0.2, 0.25) is 0 Å². The van der Waals surface area contributed by atoms with E-state index in [9.17, 15) is 31.1 Å². The fraction of sp³-hybridized carbons (Fsp3) is 0.314. The highest BCUT2D eigenvalue weighted by Gasteiger charge is 2.38. The first-order valence-electron chi connectivity index (χ1n) is 14.8. The first-order valence-corrected chi connectivity index (χ1v) is 14.8. The van der Waals surface area contributed by atoms with Gasteiger partial charge in [-0.3, -0.25) is 5.41 Å². The van der Waals surface area contributed by atoms with Crippen molar-refractivity contribution in [2.24, 2.45) is 0 Å². The van der Waals surface area contributed by atoms with Crippen molar-refractivity contribution in [2.45, 2.75) is 52.0 Å². The molecule has 2 N–H and O–H groups in total. The molecule has 4 aromatic rings. The van der Waals surface area contributed by atoms with Gasteiger partial charge in [-0.15, -0.1) is 0 Å². The molecular formula is C35H32F6N2O4. The number of alkyl halides is 6. The van der Waals surface area contributed by atoms with E-state index < -0.39 is 34.9 Å². The smallest absolute Gasteiger partial charge is 0.416 e. The number of ether oxygens (including phenoxy) is 3. The van der Waals surface area contributed by atoms with Crippen LogP contribution < -0.4 is 10.1 Å². The normalized spacial score (nSPS) is 13.4. The molecule has 0 aliphatic carbocycles. The van der Waals surface area contributed by atoms with E-state index in [0.717, 1.165) is 5.56 Å². The van der Waals surface area contributed by atoms with Gasteiger partial charge in [-0.05, 0) is 82.9 Å². The summed E-state index contributed by atoms with van der Waals surface area (Å²) in [6, 6.07) is 12.7. The predicted octanol–water partition coefficient (Wildman–Crippen LogP) is 9.26. The van der Waals surface area contributed by atoms with E-state index in [1.54, 1.807) is 24.3 Å². The molecular weight excluding hydrogens is 626 g/mol. The molecule has 0 bridgehead atoms. The number of rotatable bonds is 8. The Bertz CT molecular complexity index is 1830. The third-order valence-electron chi connectivity index (χ3n) is 7.69. The van der Waals surface area contributed by atoms with Crippen LogP contribution in [0.3, 0.4) is 0 Å². The number of carbonyl (C=O) groups excluding carboxylic acids is 1. The van der Waals surface area contributed by atoms with Gasteiger partial charge in [0.15, 0.2) is 0 Å². The fourth-order valence-electron chi connectivity index (χ4n) is 5.40. The number of fused-ring (bicyclic) bond motifs is 2. The molecule has 47 heavy (non-hydrogen) atoms. The predicted molar refractivity (Wildman–Crippen MR) is 165 cm³/mol. The summed E-state index contributed by atoms with van der Waals surface area (Å²) in [6.45, 7) is 8.52. The van der Waals surface area contributed by atoms with Crippen LogP contribution in [0, 0.1) is 5.41 Å². The van der Waals surface area contributed by atoms with Crippen molar-refractivity contribution in [1.82, 2.24) is 5.32 Å². The second-order valence-electron chi connectivity index (χ2n) is 12.1. The zero-order chi connectivity index (χ0) is 34.3. The maximum Gasteiger partial charge on any atom is 0.416 e. The molecule has 0 saturated carbocycles. The number of amidine groups is 1. The monoisotopic (exact) mass is 658 g/mol. The van der Waals surface area contributed by atoms with Crippen molar-refractivity contribution in [3.05, 3.63) is 94.0 Å². The van der Waals surface area contributed by atoms with E-state index in [1.807, 2.05) is 33.8 Å². The summed E-state index contributed by atoms with van der Waals surface area (Å²) >= 11 is 0. The van der Waals surface area contributed by atoms with Gasteiger partial charge < -0.3 is 19.5 Å². The van der Waals surface area contributed by atoms with E-state index in [2.05, 4.69) is 5.32 Å².